The van der Waals surface area contributed by atoms with Crippen molar-refractivity contribution in [2.45, 2.75) is 5.92 Å². The molecule has 0 aliphatic carbocycles. The molecular weight excluding hydrogens is 358 g/mol. The van der Waals surface area contributed by atoms with E-state index in [0.29, 0.717) is 35.9 Å². The highest BCUT2D eigenvalue weighted by Crippen LogP contribution is 2.43. The number of fused-ring (bicyclic) bond motifs is 1. The lowest BCUT2D eigenvalue weighted by atomic mass is 9.92. The van der Waals surface area contributed by atoms with Crippen molar-refractivity contribution >= 4 is 11.5 Å². The van der Waals surface area contributed by atoms with Crippen LogP contribution in [0.4, 0.5) is 5.69 Å². The number of hydrogen-bond donors (Lipinski definition) is 0. The SMILES string of the molecule is C#CCN1CC(C(=O)c2cc(OC)c(OC)c(OC)c2)c2ccc(OC)cc21. The lowest BCUT2D eigenvalue weighted by Crippen LogP contribution is -2.25. The van der Waals surface area contributed by atoms with Crippen molar-refractivity contribution in [3.63, 3.8) is 0 Å². The van der Waals surface area contributed by atoms with E-state index < -0.39 is 0 Å². The molecular formula is C22H23NO5. The van der Waals surface area contributed by atoms with Crippen molar-refractivity contribution in [3.05, 3.63) is 41.5 Å². The minimum absolute atomic E-state index is 0.0369. The van der Waals surface area contributed by atoms with Crippen LogP contribution < -0.4 is 23.8 Å². The van der Waals surface area contributed by atoms with Gasteiger partial charge in [0, 0.05) is 23.9 Å². The minimum Gasteiger partial charge on any atom is -0.497 e. The van der Waals surface area contributed by atoms with Gasteiger partial charge in [-0.3, -0.25) is 4.79 Å². The van der Waals surface area contributed by atoms with Gasteiger partial charge >= 0.3 is 0 Å². The van der Waals surface area contributed by atoms with Crippen LogP contribution in [0.15, 0.2) is 30.3 Å². The summed E-state index contributed by atoms with van der Waals surface area (Å²) in [5.41, 5.74) is 2.33. The first-order valence-corrected chi connectivity index (χ1v) is 8.78. The van der Waals surface area contributed by atoms with Crippen LogP contribution in [0.1, 0.15) is 21.8 Å². The number of methoxy groups -OCH3 is 4. The number of carbonyl (C=O) groups excluding carboxylic acids is 1. The third-order valence-electron chi connectivity index (χ3n) is 4.90. The molecule has 0 N–H and O–H groups in total. The maximum atomic E-state index is 13.4. The molecule has 0 saturated carbocycles. The first kappa shape index (κ1) is 19.4. The van der Waals surface area contributed by atoms with Crippen LogP contribution in [0.2, 0.25) is 0 Å². The highest BCUT2D eigenvalue weighted by Gasteiger charge is 2.35. The number of anilines is 1. The van der Waals surface area contributed by atoms with E-state index in [1.807, 2.05) is 23.1 Å². The smallest absolute Gasteiger partial charge is 0.203 e. The Hall–Kier alpha value is -3.33. The molecule has 1 aliphatic rings. The maximum Gasteiger partial charge on any atom is 0.203 e. The van der Waals surface area contributed by atoms with Crippen molar-refractivity contribution in [1.82, 2.24) is 0 Å². The van der Waals surface area contributed by atoms with Gasteiger partial charge in [-0.1, -0.05) is 12.0 Å². The number of ketones is 1. The second-order valence-electron chi connectivity index (χ2n) is 6.34. The van der Waals surface area contributed by atoms with Crippen LogP contribution in [-0.4, -0.2) is 47.3 Å². The summed E-state index contributed by atoms with van der Waals surface area (Å²) in [6.45, 7) is 0.918. The molecule has 1 aliphatic heterocycles. The van der Waals surface area contributed by atoms with E-state index in [2.05, 4.69) is 5.92 Å². The van der Waals surface area contributed by atoms with E-state index in [1.54, 1.807) is 19.2 Å². The molecule has 2 aromatic rings. The fourth-order valence-corrected chi connectivity index (χ4v) is 3.54. The summed E-state index contributed by atoms with van der Waals surface area (Å²) in [5, 5.41) is 0. The minimum atomic E-state index is -0.350. The summed E-state index contributed by atoms with van der Waals surface area (Å²) < 4.78 is 21.4. The van der Waals surface area contributed by atoms with Crippen molar-refractivity contribution in [1.29, 1.82) is 0 Å². The number of rotatable bonds is 7. The summed E-state index contributed by atoms with van der Waals surface area (Å²) >= 11 is 0. The second kappa shape index (κ2) is 8.13. The predicted octanol–water partition coefficient (Wildman–Crippen LogP) is 3.14. The quantitative estimate of drug-likeness (QED) is 0.543. The molecule has 6 nitrogen and oxygen atoms in total. The fraction of sp³-hybridized carbons (Fsp3) is 0.318. The summed E-state index contributed by atoms with van der Waals surface area (Å²) in [6.07, 6.45) is 5.52. The lowest BCUT2D eigenvalue weighted by molar-refractivity contribution is 0.0964. The van der Waals surface area contributed by atoms with Crippen LogP contribution >= 0.6 is 0 Å². The van der Waals surface area contributed by atoms with Crippen LogP contribution in [-0.2, 0) is 0 Å². The number of carbonyl (C=O) groups is 1. The first-order valence-electron chi connectivity index (χ1n) is 8.78. The second-order valence-corrected chi connectivity index (χ2v) is 6.34. The van der Waals surface area contributed by atoms with Gasteiger partial charge in [0.1, 0.15) is 5.75 Å². The van der Waals surface area contributed by atoms with E-state index in [-0.39, 0.29) is 11.7 Å². The summed E-state index contributed by atoms with van der Waals surface area (Å²) in [6, 6.07) is 9.04. The topological polar surface area (TPSA) is 57.2 Å². The molecule has 1 heterocycles. The van der Waals surface area contributed by atoms with Gasteiger partial charge in [0.2, 0.25) is 5.75 Å². The van der Waals surface area contributed by atoms with E-state index in [1.165, 1.54) is 21.3 Å². The van der Waals surface area contributed by atoms with Gasteiger partial charge < -0.3 is 23.8 Å². The van der Waals surface area contributed by atoms with Crippen LogP contribution in [0.3, 0.4) is 0 Å². The predicted molar refractivity (Wildman–Crippen MR) is 107 cm³/mol. The molecule has 1 atom stereocenters. The fourth-order valence-electron chi connectivity index (χ4n) is 3.54. The molecule has 0 spiro atoms. The zero-order chi connectivity index (χ0) is 20.3. The van der Waals surface area contributed by atoms with Gasteiger partial charge in [-0.25, -0.2) is 0 Å². The van der Waals surface area contributed by atoms with E-state index in [4.69, 9.17) is 25.4 Å². The van der Waals surface area contributed by atoms with Gasteiger partial charge in [0.05, 0.1) is 40.9 Å². The molecule has 146 valence electrons. The Bertz CT molecular complexity index is 906. The van der Waals surface area contributed by atoms with Gasteiger partial charge in [-0.15, -0.1) is 6.42 Å². The lowest BCUT2D eigenvalue weighted by Gasteiger charge is -2.17. The molecule has 0 bridgehead atoms. The van der Waals surface area contributed by atoms with Crippen LogP contribution in [0.5, 0.6) is 23.0 Å². The Balaban J connectivity index is 2.03. The number of ether oxygens (including phenoxy) is 4. The highest BCUT2D eigenvalue weighted by molar-refractivity contribution is 6.04. The molecule has 0 amide bonds. The largest absolute Gasteiger partial charge is 0.497 e. The average Bonchev–Trinajstić information content (AvgIpc) is 3.09. The summed E-state index contributed by atoms with van der Waals surface area (Å²) in [5.74, 6) is 4.33. The maximum absolute atomic E-state index is 13.4. The molecule has 2 aromatic carbocycles. The number of hydrogen-bond acceptors (Lipinski definition) is 6. The summed E-state index contributed by atoms with van der Waals surface area (Å²) in [4.78, 5) is 15.4. The van der Waals surface area contributed by atoms with Gasteiger partial charge in [0.25, 0.3) is 0 Å². The number of nitrogens with zero attached hydrogens (tertiary/aromatic N) is 1. The Morgan fingerprint density at radius 3 is 2.29 bits per heavy atom. The van der Waals surface area contributed by atoms with Crippen molar-refractivity contribution in [2.75, 3.05) is 46.4 Å². The summed E-state index contributed by atoms with van der Waals surface area (Å²) in [7, 11) is 6.19. The Labute approximate surface area is 165 Å². The number of terminal acetylenes is 1. The van der Waals surface area contributed by atoms with Gasteiger partial charge in [-0.05, 0) is 23.8 Å². The monoisotopic (exact) mass is 381 g/mol. The molecule has 0 fully saturated rings. The van der Waals surface area contributed by atoms with Crippen molar-refractivity contribution in [2.24, 2.45) is 0 Å². The zero-order valence-electron chi connectivity index (χ0n) is 16.4. The van der Waals surface area contributed by atoms with E-state index in [0.717, 1.165) is 17.0 Å². The molecule has 6 heteroatoms. The Morgan fingerprint density at radius 1 is 1.07 bits per heavy atom. The van der Waals surface area contributed by atoms with Gasteiger partial charge in [0.15, 0.2) is 17.3 Å². The molecule has 0 saturated heterocycles. The highest BCUT2D eigenvalue weighted by atomic mass is 16.5. The molecule has 0 radical (unpaired) electrons. The first-order chi connectivity index (χ1) is 13.6. The van der Waals surface area contributed by atoms with Crippen LogP contribution in [0.25, 0.3) is 0 Å². The zero-order valence-corrected chi connectivity index (χ0v) is 16.4. The van der Waals surface area contributed by atoms with E-state index >= 15 is 0 Å². The number of benzene rings is 2. The number of Topliss-reactive ketones (excluding diaryl/α,β-unsaturated/α-hetero) is 1. The normalized spacial score (nSPS) is 14.8. The molecule has 0 aromatic heterocycles. The van der Waals surface area contributed by atoms with E-state index in [9.17, 15) is 4.79 Å². The van der Waals surface area contributed by atoms with Gasteiger partial charge in [-0.2, -0.15) is 0 Å². The molecule has 1 unspecified atom stereocenters. The molecule has 28 heavy (non-hydrogen) atoms. The molecule has 3 rings (SSSR count). The third kappa shape index (κ3) is 3.31. The van der Waals surface area contributed by atoms with Crippen molar-refractivity contribution < 1.29 is 23.7 Å². The third-order valence-corrected chi connectivity index (χ3v) is 4.90. The standard InChI is InChI=1S/C22H23NO5/c1-6-9-23-13-17(16-8-7-15(25-2)12-18(16)23)21(24)14-10-19(26-3)22(28-5)20(11-14)27-4/h1,7-8,10-12,17H,9,13H2,2-5H3. The Morgan fingerprint density at radius 2 is 1.75 bits per heavy atom. The average molecular weight is 381 g/mol. The Kier molecular flexibility index (Phi) is 5.65. The van der Waals surface area contributed by atoms with Crippen molar-refractivity contribution in [3.8, 4) is 35.3 Å². The van der Waals surface area contributed by atoms with Crippen LogP contribution in [0, 0.1) is 12.3 Å².